The minimum atomic E-state index is -3.68. The monoisotopic (exact) mass is 452 g/mol. The smallest absolute Gasteiger partial charge is 0.251 e. The quantitative estimate of drug-likeness (QED) is 0.522. The molecule has 0 saturated heterocycles. The maximum absolute atomic E-state index is 12.9. The van der Waals surface area contributed by atoms with E-state index < -0.39 is 10.0 Å². The molecule has 3 rings (SSSR count). The summed E-state index contributed by atoms with van der Waals surface area (Å²) in [6.07, 6.45) is 0. The summed E-state index contributed by atoms with van der Waals surface area (Å²) in [5, 5.41) is 2.99. The molecular formula is C25H28N2O4S. The Bertz CT molecular complexity index is 1150. The van der Waals surface area contributed by atoms with Crippen molar-refractivity contribution in [1.82, 2.24) is 9.62 Å². The molecule has 0 unspecified atom stereocenters. The van der Waals surface area contributed by atoms with Gasteiger partial charge < -0.3 is 10.1 Å². The highest BCUT2D eigenvalue weighted by molar-refractivity contribution is 7.89. The van der Waals surface area contributed by atoms with Crippen LogP contribution in [0.4, 0.5) is 0 Å². The topological polar surface area (TPSA) is 75.7 Å². The SMILES string of the molecule is CCOc1ccc(C(=O)N[C@@H](C)c2ccccc2)cc1CN(C)S(=O)(=O)c1ccccc1. The molecule has 0 heterocycles. The van der Waals surface area contributed by atoms with E-state index in [9.17, 15) is 13.2 Å². The third-order valence-corrected chi connectivity index (χ3v) is 6.93. The van der Waals surface area contributed by atoms with Crippen molar-refractivity contribution in [3.63, 3.8) is 0 Å². The molecule has 0 radical (unpaired) electrons. The maximum Gasteiger partial charge on any atom is 0.251 e. The first-order valence-electron chi connectivity index (χ1n) is 10.5. The lowest BCUT2D eigenvalue weighted by molar-refractivity contribution is 0.0939. The fraction of sp³-hybridized carbons (Fsp3) is 0.240. The van der Waals surface area contributed by atoms with E-state index in [2.05, 4.69) is 5.32 Å². The Labute approximate surface area is 189 Å². The second-order valence-corrected chi connectivity index (χ2v) is 9.48. The van der Waals surface area contributed by atoms with Crippen LogP contribution in [0.2, 0.25) is 0 Å². The summed E-state index contributed by atoms with van der Waals surface area (Å²) < 4.78 is 32.8. The van der Waals surface area contributed by atoms with Crippen molar-refractivity contribution in [2.24, 2.45) is 0 Å². The Hall–Kier alpha value is -3.16. The standard InChI is InChI=1S/C25H28N2O4S/c1-4-31-24-16-15-21(25(28)26-19(2)20-11-7-5-8-12-20)17-22(24)18-27(3)32(29,30)23-13-9-6-10-14-23/h5-17,19H,4,18H2,1-3H3,(H,26,28)/t19-/m0/s1. The van der Waals surface area contributed by atoms with Gasteiger partial charge in [-0.3, -0.25) is 4.79 Å². The molecule has 3 aromatic rings. The summed E-state index contributed by atoms with van der Waals surface area (Å²) in [6, 6.07) is 22.9. The zero-order chi connectivity index (χ0) is 23.1. The number of nitrogens with one attached hydrogen (secondary N) is 1. The van der Waals surface area contributed by atoms with Crippen LogP contribution in [-0.2, 0) is 16.6 Å². The van der Waals surface area contributed by atoms with Crippen LogP contribution in [0.25, 0.3) is 0 Å². The normalized spacial score (nSPS) is 12.4. The molecule has 0 aromatic heterocycles. The number of hydrogen-bond donors (Lipinski definition) is 1. The fourth-order valence-corrected chi connectivity index (χ4v) is 4.51. The molecule has 0 saturated carbocycles. The molecule has 0 spiro atoms. The van der Waals surface area contributed by atoms with Gasteiger partial charge in [-0.2, -0.15) is 4.31 Å². The lowest BCUT2D eigenvalue weighted by atomic mass is 10.1. The Morgan fingerprint density at radius 3 is 2.25 bits per heavy atom. The molecule has 1 atom stereocenters. The molecule has 0 aliphatic rings. The molecule has 168 valence electrons. The van der Waals surface area contributed by atoms with Crippen molar-refractivity contribution in [2.75, 3.05) is 13.7 Å². The van der Waals surface area contributed by atoms with Crippen LogP contribution in [0.3, 0.4) is 0 Å². The van der Waals surface area contributed by atoms with Gasteiger partial charge in [0, 0.05) is 24.7 Å². The number of rotatable bonds is 9. The second kappa shape index (κ2) is 10.4. The van der Waals surface area contributed by atoms with E-state index >= 15 is 0 Å². The van der Waals surface area contributed by atoms with Gasteiger partial charge in [0.15, 0.2) is 0 Å². The van der Waals surface area contributed by atoms with E-state index in [0.29, 0.717) is 23.5 Å². The van der Waals surface area contributed by atoms with Gasteiger partial charge >= 0.3 is 0 Å². The molecule has 7 heteroatoms. The largest absolute Gasteiger partial charge is 0.494 e. The minimum Gasteiger partial charge on any atom is -0.494 e. The number of nitrogens with zero attached hydrogens (tertiary/aromatic N) is 1. The summed E-state index contributed by atoms with van der Waals surface area (Å²) in [7, 11) is -2.16. The van der Waals surface area contributed by atoms with E-state index in [0.717, 1.165) is 5.56 Å². The number of benzene rings is 3. The van der Waals surface area contributed by atoms with Crippen molar-refractivity contribution in [2.45, 2.75) is 31.3 Å². The molecule has 3 aromatic carbocycles. The molecule has 0 aliphatic heterocycles. The predicted octanol–water partition coefficient (Wildman–Crippen LogP) is 4.40. The minimum absolute atomic E-state index is 0.0713. The number of sulfonamides is 1. The van der Waals surface area contributed by atoms with Crippen molar-refractivity contribution >= 4 is 15.9 Å². The van der Waals surface area contributed by atoms with Gasteiger partial charge in [-0.15, -0.1) is 0 Å². The Morgan fingerprint density at radius 1 is 1.00 bits per heavy atom. The van der Waals surface area contributed by atoms with Gasteiger partial charge in [-0.1, -0.05) is 48.5 Å². The van der Waals surface area contributed by atoms with Crippen LogP contribution >= 0.6 is 0 Å². The average Bonchev–Trinajstić information content (AvgIpc) is 2.81. The maximum atomic E-state index is 12.9. The highest BCUT2D eigenvalue weighted by Crippen LogP contribution is 2.25. The van der Waals surface area contributed by atoms with Gasteiger partial charge in [0.2, 0.25) is 10.0 Å². The Kier molecular flexibility index (Phi) is 7.66. The van der Waals surface area contributed by atoms with Crippen LogP contribution in [0.15, 0.2) is 83.8 Å². The molecule has 32 heavy (non-hydrogen) atoms. The fourth-order valence-electron chi connectivity index (χ4n) is 3.34. The summed E-state index contributed by atoms with van der Waals surface area (Å²) in [5.74, 6) is 0.314. The Balaban J connectivity index is 1.83. The predicted molar refractivity (Wildman–Crippen MR) is 125 cm³/mol. The Morgan fingerprint density at radius 2 is 1.62 bits per heavy atom. The van der Waals surface area contributed by atoms with Crippen molar-refractivity contribution in [3.8, 4) is 5.75 Å². The van der Waals surface area contributed by atoms with Gasteiger partial charge in [0.05, 0.1) is 17.5 Å². The van der Waals surface area contributed by atoms with Crippen LogP contribution in [0, 0.1) is 0 Å². The summed E-state index contributed by atoms with van der Waals surface area (Å²) in [4.78, 5) is 13.1. The number of carbonyl (C=O) groups is 1. The molecular weight excluding hydrogens is 424 g/mol. The number of amides is 1. The van der Waals surface area contributed by atoms with Crippen molar-refractivity contribution in [1.29, 1.82) is 0 Å². The number of ether oxygens (including phenoxy) is 1. The molecule has 6 nitrogen and oxygen atoms in total. The van der Waals surface area contributed by atoms with Crippen LogP contribution in [-0.4, -0.2) is 32.3 Å². The lowest BCUT2D eigenvalue weighted by Crippen LogP contribution is -2.28. The van der Waals surface area contributed by atoms with Crippen LogP contribution in [0.5, 0.6) is 5.75 Å². The molecule has 0 fully saturated rings. The summed E-state index contributed by atoms with van der Waals surface area (Å²) in [6.45, 7) is 4.28. The summed E-state index contributed by atoms with van der Waals surface area (Å²) >= 11 is 0. The molecule has 0 aliphatic carbocycles. The third kappa shape index (κ3) is 5.55. The van der Waals surface area contributed by atoms with Crippen LogP contribution in [0.1, 0.15) is 41.4 Å². The van der Waals surface area contributed by atoms with Gasteiger partial charge in [0.25, 0.3) is 5.91 Å². The van der Waals surface area contributed by atoms with E-state index in [-0.39, 0.29) is 23.4 Å². The molecule has 1 N–H and O–H groups in total. The van der Waals surface area contributed by atoms with E-state index in [1.807, 2.05) is 44.2 Å². The first-order chi connectivity index (χ1) is 15.3. The molecule has 0 bridgehead atoms. The third-order valence-electron chi connectivity index (χ3n) is 5.11. The number of carbonyl (C=O) groups excluding carboxylic acids is 1. The second-order valence-electron chi connectivity index (χ2n) is 7.44. The zero-order valence-corrected chi connectivity index (χ0v) is 19.3. The van der Waals surface area contributed by atoms with Gasteiger partial charge in [0.1, 0.15) is 5.75 Å². The van der Waals surface area contributed by atoms with E-state index in [4.69, 9.17) is 4.74 Å². The van der Waals surface area contributed by atoms with E-state index in [1.54, 1.807) is 48.5 Å². The van der Waals surface area contributed by atoms with E-state index in [1.165, 1.54) is 11.4 Å². The summed E-state index contributed by atoms with van der Waals surface area (Å²) in [5.41, 5.74) is 2.06. The highest BCUT2D eigenvalue weighted by atomic mass is 32.2. The average molecular weight is 453 g/mol. The zero-order valence-electron chi connectivity index (χ0n) is 18.5. The van der Waals surface area contributed by atoms with Crippen molar-refractivity contribution < 1.29 is 17.9 Å². The lowest BCUT2D eigenvalue weighted by Gasteiger charge is -2.20. The van der Waals surface area contributed by atoms with Crippen LogP contribution < -0.4 is 10.1 Å². The first-order valence-corrected chi connectivity index (χ1v) is 11.9. The number of hydrogen-bond acceptors (Lipinski definition) is 4. The first kappa shape index (κ1) is 23.5. The highest BCUT2D eigenvalue weighted by Gasteiger charge is 2.23. The molecule has 1 amide bonds. The van der Waals surface area contributed by atoms with Crippen molar-refractivity contribution in [3.05, 3.63) is 95.6 Å². The van der Waals surface area contributed by atoms with Gasteiger partial charge in [-0.05, 0) is 49.7 Å². The van der Waals surface area contributed by atoms with Gasteiger partial charge in [-0.25, -0.2) is 8.42 Å².